The van der Waals surface area contributed by atoms with E-state index in [0.29, 0.717) is 11.5 Å². The van der Waals surface area contributed by atoms with E-state index < -0.39 is 0 Å². The van der Waals surface area contributed by atoms with Gasteiger partial charge in [-0.3, -0.25) is 0 Å². The van der Waals surface area contributed by atoms with Crippen LogP contribution < -0.4 is 5.73 Å². The van der Waals surface area contributed by atoms with E-state index in [9.17, 15) is 0 Å². The Morgan fingerprint density at radius 2 is 1.64 bits per heavy atom. The molecular weight excluding hydrogens is 172 g/mol. The second kappa shape index (κ2) is 6.41. The molecule has 0 saturated carbocycles. The van der Waals surface area contributed by atoms with Gasteiger partial charge in [-0.2, -0.15) is 0 Å². The molecule has 0 spiro atoms. The minimum atomic E-state index is 0.349. The Balaban J connectivity index is 4.04. The van der Waals surface area contributed by atoms with Crippen LogP contribution in [0.5, 0.6) is 0 Å². The summed E-state index contributed by atoms with van der Waals surface area (Å²) in [4.78, 5) is 2.47. The zero-order valence-electron chi connectivity index (χ0n) is 10.6. The van der Waals surface area contributed by atoms with Crippen molar-refractivity contribution in [3.8, 4) is 0 Å². The smallest absolute Gasteiger partial charge is 0.00417 e. The minimum absolute atomic E-state index is 0.349. The maximum absolute atomic E-state index is 6.00. The highest BCUT2D eigenvalue weighted by molar-refractivity contribution is 4.77. The highest BCUT2D eigenvalue weighted by atomic mass is 15.1. The molecule has 0 fully saturated rings. The van der Waals surface area contributed by atoms with Crippen molar-refractivity contribution in [1.29, 1.82) is 0 Å². The fourth-order valence-corrected chi connectivity index (χ4v) is 1.97. The summed E-state index contributed by atoms with van der Waals surface area (Å²) < 4.78 is 0. The largest absolute Gasteiger partial charge is 0.328 e. The van der Waals surface area contributed by atoms with E-state index in [4.69, 9.17) is 5.73 Å². The van der Waals surface area contributed by atoms with Crippen molar-refractivity contribution in [1.82, 2.24) is 4.90 Å². The molecule has 0 rings (SSSR count). The highest BCUT2D eigenvalue weighted by Crippen LogP contribution is 2.23. The lowest BCUT2D eigenvalue weighted by molar-refractivity contribution is 0.172. The van der Waals surface area contributed by atoms with Crippen LogP contribution in [0.3, 0.4) is 0 Å². The van der Waals surface area contributed by atoms with Crippen LogP contribution >= 0.6 is 0 Å². The van der Waals surface area contributed by atoms with Gasteiger partial charge >= 0.3 is 0 Å². The molecule has 0 aromatic heterocycles. The molecule has 14 heavy (non-hydrogen) atoms. The van der Waals surface area contributed by atoms with Crippen molar-refractivity contribution in [2.45, 2.75) is 53.5 Å². The predicted molar refractivity (Wildman–Crippen MR) is 64.5 cm³/mol. The van der Waals surface area contributed by atoms with Crippen molar-refractivity contribution in [3.63, 3.8) is 0 Å². The van der Waals surface area contributed by atoms with Gasteiger partial charge < -0.3 is 10.6 Å². The first-order valence-electron chi connectivity index (χ1n) is 5.93. The number of nitrogens with zero attached hydrogens (tertiary/aromatic N) is 1. The van der Waals surface area contributed by atoms with E-state index >= 15 is 0 Å². The molecule has 0 aliphatic rings. The highest BCUT2D eigenvalue weighted by Gasteiger charge is 2.22. The second-order valence-corrected chi connectivity index (χ2v) is 5.00. The minimum Gasteiger partial charge on any atom is -0.328 e. The van der Waals surface area contributed by atoms with E-state index in [-0.39, 0.29) is 0 Å². The van der Waals surface area contributed by atoms with Crippen molar-refractivity contribution in [2.75, 3.05) is 19.6 Å². The quantitative estimate of drug-likeness (QED) is 0.684. The summed E-state index contributed by atoms with van der Waals surface area (Å²) in [6.07, 6.45) is 2.21. The van der Waals surface area contributed by atoms with Gasteiger partial charge in [0.1, 0.15) is 0 Å². The van der Waals surface area contributed by atoms with Gasteiger partial charge in [0, 0.05) is 12.6 Å². The molecule has 2 N–H and O–H groups in total. The lowest BCUT2D eigenvalue weighted by Crippen LogP contribution is -2.38. The van der Waals surface area contributed by atoms with E-state index in [1.54, 1.807) is 0 Å². The molecule has 0 heterocycles. The monoisotopic (exact) mass is 200 g/mol. The van der Waals surface area contributed by atoms with Crippen LogP contribution in [-0.4, -0.2) is 30.6 Å². The van der Waals surface area contributed by atoms with Crippen LogP contribution in [-0.2, 0) is 0 Å². The maximum atomic E-state index is 6.00. The Hall–Kier alpha value is -0.0800. The average Bonchev–Trinajstić information content (AvgIpc) is 2.13. The Bertz CT molecular complexity index is 139. The van der Waals surface area contributed by atoms with Gasteiger partial charge in [-0.15, -0.1) is 0 Å². The summed E-state index contributed by atoms with van der Waals surface area (Å²) in [6.45, 7) is 14.7. The Kier molecular flexibility index (Phi) is 6.38. The third-order valence-corrected chi connectivity index (χ3v) is 2.89. The topological polar surface area (TPSA) is 29.3 Å². The van der Waals surface area contributed by atoms with Crippen LogP contribution in [0.1, 0.15) is 47.5 Å². The van der Waals surface area contributed by atoms with Gasteiger partial charge in [0.25, 0.3) is 0 Å². The number of rotatable bonds is 7. The fraction of sp³-hybridized carbons (Fsp3) is 1.00. The van der Waals surface area contributed by atoms with Gasteiger partial charge in [0.05, 0.1) is 0 Å². The third kappa shape index (κ3) is 5.61. The van der Waals surface area contributed by atoms with Crippen LogP contribution in [0.15, 0.2) is 0 Å². The first kappa shape index (κ1) is 13.9. The lowest BCUT2D eigenvalue weighted by Gasteiger charge is -2.33. The molecule has 0 aromatic carbocycles. The number of hydrogen-bond donors (Lipinski definition) is 1. The summed E-state index contributed by atoms with van der Waals surface area (Å²) in [6, 6.07) is 0.362. The van der Waals surface area contributed by atoms with Gasteiger partial charge in [-0.1, -0.05) is 34.6 Å². The fourth-order valence-electron chi connectivity index (χ4n) is 1.97. The molecule has 1 unspecified atom stereocenters. The van der Waals surface area contributed by atoms with Gasteiger partial charge in [-0.25, -0.2) is 0 Å². The zero-order valence-corrected chi connectivity index (χ0v) is 10.6. The number of nitrogens with two attached hydrogens (primary N) is 1. The molecule has 0 saturated heterocycles. The van der Waals surface area contributed by atoms with Crippen molar-refractivity contribution in [3.05, 3.63) is 0 Å². The second-order valence-electron chi connectivity index (χ2n) is 5.00. The average molecular weight is 200 g/mol. The molecule has 2 nitrogen and oxygen atoms in total. The van der Waals surface area contributed by atoms with E-state index in [2.05, 4.69) is 39.5 Å². The van der Waals surface area contributed by atoms with Gasteiger partial charge in [-0.05, 0) is 31.3 Å². The molecule has 1 atom stereocenters. The Morgan fingerprint density at radius 1 is 1.14 bits per heavy atom. The maximum Gasteiger partial charge on any atom is 0.00417 e. The Labute approximate surface area is 89.9 Å². The van der Waals surface area contributed by atoms with Gasteiger partial charge in [0.2, 0.25) is 0 Å². The van der Waals surface area contributed by atoms with Crippen LogP contribution in [0.4, 0.5) is 0 Å². The molecule has 0 bridgehead atoms. The number of hydrogen-bond acceptors (Lipinski definition) is 2. The molecule has 2 heteroatoms. The van der Waals surface area contributed by atoms with E-state index in [1.807, 2.05) is 0 Å². The standard InChI is InChI=1S/C12H28N2/c1-6-11(13)9-12(4,5)10-14(7-2)8-3/h11H,6-10,13H2,1-5H3. The summed E-state index contributed by atoms with van der Waals surface area (Å²) in [5, 5.41) is 0. The lowest BCUT2D eigenvalue weighted by atomic mass is 9.84. The molecule has 86 valence electrons. The molecule has 0 radical (unpaired) electrons. The van der Waals surface area contributed by atoms with Crippen LogP contribution in [0.2, 0.25) is 0 Å². The normalized spacial score (nSPS) is 14.8. The predicted octanol–water partition coefficient (Wildman–Crippen LogP) is 2.48. The molecule has 0 aliphatic heterocycles. The van der Waals surface area contributed by atoms with Crippen molar-refractivity contribution in [2.24, 2.45) is 11.1 Å². The Morgan fingerprint density at radius 3 is 2.00 bits per heavy atom. The van der Waals surface area contributed by atoms with Crippen LogP contribution in [0, 0.1) is 5.41 Å². The summed E-state index contributed by atoms with van der Waals surface area (Å²) in [5.74, 6) is 0. The van der Waals surface area contributed by atoms with Crippen LogP contribution in [0.25, 0.3) is 0 Å². The summed E-state index contributed by atoms with van der Waals surface area (Å²) in [7, 11) is 0. The first-order chi connectivity index (χ1) is 6.45. The van der Waals surface area contributed by atoms with E-state index in [0.717, 1.165) is 32.5 Å². The van der Waals surface area contributed by atoms with Gasteiger partial charge in [0.15, 0.2) is 0 Å². The zero-order chi connectivity index (χ0) is 11.2. The molecule has 0 aromatic rings. The molecule has 0 aliphatic carbocycles. The summed E-state index contributed by atoms with van der Waals surface area (Å²) in [5.41, 5.74) is 6.35. The third-order valence-electron chi connectivity index (χ3n) is 2.89. The van der Waals surface area contributed by atoms with Crippen molar-refractivity contribution >= 4 is 0 Å². The summed E-state index contributed by atoms with van der Waals surface area (Å²) >= 11 is 0. The SMILES string of the molecule is CCC(N)CC(C)(C)CN(CC)CC. The molecular formula is C12H28N2. The van der Waals surface area contributed by atoms with E-state index in [1.165, 1.54) is 0 Å². The first-order valence-corrected chi connectivity index (χ1v) is 5.93. The van der Waals surface area contributed by atoms with Crippen molar-refractivity contribution < 1.29 is 0 Å². The molecule has 0 amide bonds.